The normalized spacial score (nSPS) is 21.4. The first-order valence-electron chi connectivity index (χ1n) is 7.91. The Labute approximate surface area is 134 Å². The van der Waals surface area contributed by atoms with Crippen LogP contribution < -0.4 is 10.6 Å². The third kappa shape index (κ3) is 2.75. The maximum atomic E-state index is 4.71. The van der Waals surface area contributed by atoms with Crippen LogP contribution in [0.4, 0.5) is 5.82 Å². The van der Waals surface area contributed by atoms with Crippen molar-refractivity contribution in [3.63, 3.8) is 0 Å². The van der Waals surface area contributed by atoms with Crippen molar-refractivity contribution in [3.8, 4) is 11.4 Å². The lowest BCUT2D eigenvalue weighted by atomic mass is 10.00. The van der Waals surface area contributed by atoms with Gasteiger partial charge in [0.1, 0.15) is 11.5 Å². The standard InChI is InChI=1S/C16H19N7/c1-11-12(3-2-4-19-11)21-15-9-18-7-13(22-15)14-8-20-16-10-17-5-6-23(14)16/h5-12,19H,2-4H2,1H3,(H,21,22)/t11-,12+/m0/s1. The summed E-state index contributed by atoms with van der Waals surface area (Å²) in [5.41, 5.74) is 2.51. The van der Waals surface area contributed by atoms with Crippen LogP contribution in [0, 0.1) is 0 Å². The van der Waals surface area contributed by atoms with E-state index in [4.69, 9.17) is 4.98 Å². The van der Waals surface area contributed by atoms with E-state index in [1.54, 1.807) is 31.0 Å². The van der Waals surface area contributed by atoms with Crippen LogP contribution in [0.3, 0.4) is 0 Å². The molecule has 118 valence electrons. The highest BCUT2D eigenvalue weighted by molar-refractivity contribution is 5.60. The van der Waals surface area contributed by atoms with Gasteiger partial charge in [0.15, 0.2) is 5.65 Å². The minimum atomic E-state index is 0.375. The van der Waals surface area contributed by atoms with Gasteiger partial charge in [0.25, 0.3) is 0 Å². The van der Waals surface area contributed by atoms with E-state index >= 15 is 0 Å². The first kappa shape index (κ1) is 14.1. The highest BCUT2D eigenvalue weighted by atomic mass is 15.1. The van der Waals surface area contributed by atoms with Crippen LogP contribution in [0.5, 0.6) is 0 Å². The van der Waals surface area contributed by atoms with Crippen LogP contribution in [-0.4, -0.2) is 43.0 Å². The van der Waals surface area contributed by atoms with Crippen LogP contribution in [0.1, 0.15) is 19.8 Å². The van der Waals surface area contributed by atoms with Gasteiger partial charge in [-0.05, 0) is 26.3 Å². The number of anilines is 1. The molecule has 1 aliphatic rings. The molecule has 7 nitrogen and oxygen atoms in total. The van der Waals surface area contributed by atoms with Gasteiger partial charge in [-0.15, -0.1) is 0 Å². The number of piperidine rings is 1. The Morgan fingerprint density at radius 1 is 1.22 bits per heavy atom. The lowest BCUT2D eigenvalue weighted by Gasteiger charge is -2.30. The maximum absolute atomic E-state index is 4.71. The van der Waals surface area contributed by atoms with Gasteiger partial charge < -0.3 is 10.6 Å². The highest BCUT2D eigenvalue weighted by Gasteiger charge is 2.21. The quantitative estimate of drug-likeness (QED) is 0.767. The number of aromatic nitrogens is 5. The SMILES string of the molecule is C[C@@H]1NCCC[C@H]1Nc1cncc(-c2cnc3cnccn23)n1. The monoisotopic (exact) mass is 309 g/mol. The summed E-state index contributed by atoms with van der Waals surface area (Å²) < 4.78 is 1.96. The van der Waals surface area contributed by atoms with Crippen molar-refractivity contribution in [2.45, 2.75) is 31.8 Å². The minimum absolute atomic E-state index is 0.375. The second-order valence-electron chi connectivity index (χ2n) is 5.87. The zero-order valence-electron chi connectivity index (χ0n) is 13.0. The molecule has 0 aliphatic carbocycles. The number of rotatable bonds is 3. The van der Waals surface area contributed by atoms with E-state index in [2.05, 4.69) is 32.5 Å². The Hall–Kier alpha value is -2.54. The van der Waals surface area contributed by atoms with Crippen LogP contribution in [0.2, 0.25) is 0 Å². The van der Waals surface area contributed by atoms with E-state index in [0.29, 0.717) is 12.1 Å². The number of fused-ring (bicyclic) bond motifs is 1. The molecule has 2 N–H and O–H groups in total. The Bertz CT molecular complexity index is 813. The molecule has 1 fully saturated rings. The van der Waals surface area contributed by atoms with Gasteiger partial charge in [0.2, 0.25) is 0 Å². The Balaban J connectivity index is 1.63. The van der Waals surface area contributed by atoms with Gasteiger partial charge in [0, 0.05) is 24.5 Å². The molecule has 3 aromatic heterocycles. The predicted molar refractivity (Wildman–Crippen MR) is 88.1 cm³/mol. The molecule has 2 atom stereocenters. The van der Waals surface area contributed by atoms with Gasteiger partial charge >= 0.3 is 0 Å². The summed E-state index contributed by atoms with van der Waals surface area (Å²) in [7, 11) is 0. The first-order chi connectivity index (χ1) is 11.3. The summed E-state index contributed by atoms with van der Waals surface area (Å²) in [4.78, 5) is 17.5. The molecular formula is C16H19N7. The first-order valence-corrected chi connectivity index (χ1v) is 7.91. The highest BCUT2D eigenvalue weighted by Crippen LogP contribution is 2.20. The molecule has 1 aliphatic heterocycles. The largest absolute Gasteiger partial charge is 0.364 e. The van der Waals surface area contributed by atoms with Crippen molar-refractivity contribution in [2.24, 2.45) is 0 Å². The molecule has 0 amide bonds. The van der Waals surface area contributed by atoms with Crippen LogP contribution >= 0.6 is 0 Å². The fraction of sp³-hybridized carbons (Fsp3) is 0.375. The Morgan fingerprint density at radius 3 is 3.09 bits per heavy atom. The molecule has 0 unspecified atom stereocenters. The predicted octanol–water partition coefficient (Wildman–Crippen LogP) is 1.74. The molecule has 0 aromatic carbocycles. The number of hydrogen-bond acceptors (Lipinski definition) is 6. The molecule has 4 rings (SSSR count). The molecule has 3 aromatic rings. The average Bonchev–Trinajstić information content (AvgIpc) is 3.01. The number of hydrogen-bond donors (Lipinski definition) is 2. The van der Waals surface area contributed by atoms with E-state index in [-0.39, 0.29) is 0 Å². The van der Waals surface area contributed by atoms with E-state index in [1.807, 2.05) is 10.6 Å². The third-order valence-corrected chi connectivity index (χ3v) is 4.31. The molecule has 0 spiro atoms. The summed E-state index contributed by atoms with van der Waals surface area (Å²) in [5, 5.41) is 6.99. The maximum Gasteiger partial charge on any atom is 0.155 e. The van der Waals surface area contributed by atoms with Gasteiger partial charge in [-0.3, -0.25) is 14.4 Å². The zero-order valence-corrected chi connectivity index (χ0v) is 13.0. The van der Waals surface area contributed by atoms with Gasteiger partial charge in [0.05, 0.1) is 30.5 Å². The second kappa shape index (κ2) is 5.92. The fourth-order valence-corrected chi connectivity index (χ4v) is 3.02. The van der Waals surface area contributed by atoms with Crippen LogP contribution in [0.15, 0.2) is 37.2 Å². The van der Waals surface area contributed by atoms with Gasteiger partial charge in [-0.1, -0.05) is 0 Å². The van der Waals surface area contributed by atoms with Crippen molar-refractivity contribution in [1.29, 1.82) is 0 Å². The van der Waals surface area contributed by atoms with E-state index < -0.39 is 0 Å². The zero-order chi connectivity index (χ0) is 15.6. The Kier molecular flexibility index (Phi) is 3.63. The van der Waals surface area contributed by atoms with Gasteiger partial charge in [-0.25, -0.2) is 9.97 Å². The number of nitrogens with one attached hydrogen (secondary N) is 2. The van der Waals surface area contributed by atoms with Crippen molar-refractivity contribution < 1.29 is 0 Å². The lowest BCUT2D eigenvalue weighted by Crippen LogP contribution is -2.46. The van der Waals surface area contributed by atoms with E-state index in [9.17, 15) is 0 Å². The molecule has 7 heteroatoms. The fourth-order valence-electron chi connectivity index (χ4n) is 3.02. The van der Waals surface area contributed by atoms with Crippen molar-refractivity contribution >= 4 is 11.5 Å². The minimum Gasteiger partial charge on any atom is -0.364 e. The van der Waals surface area contributed by atoms with Crippen molar-refractivity contribution in [3.05, 3.63) is 37.2 Å². The van der Waals surface area contributed by atoms with Crippen LogP contribution in [-0.2, 0) is 0 Å². The molecule has 0 saturated carbocycles. The molecule has 1 saturated heterocycles. The average molecular weight is 309 g/mol. The summed E-state index contributed by atoms with van der Waals surface area (Å²) >= 11 is 0. The van der Waals surface area contributed by atoms with E-state index in [1.165, 1.54) is 6.42 Å². The van der Waals surface area contributed by atoms with Crippen molar-refractivity contribution in [1.82, 2.24) is 29.7 Å². The number of nitrogens with zero attached hydrogens (tertiary/aromatic N) is 5. The van der Waals surface area contributed by atoms with E-state index in [0.717, 1.165) is 35.8 Å². The molecule has 0 bridgehead atoms. The van der Waals surface area contributed by atoms with Crippen molar-refractivity contribution in [2.75, 3.05) is 11.9 Å². The molecule has 23 heavy (non-hydrogen) atoms. The number of imidazole rings is 1. The second-order valence-corrected chi connectivity index (χ2v) is 5.87. The Morgan fingerprint density at radius 2 is 2.17 bits per heavy atom. The molecule has 0 radical (unpaired) electrons. The van der Waals surface area contributed by atoms with Gasteiger partial charge in [-0.2, -0.15) is 0 Å². The molecular weight excluding hydrogens is 290 g/mol. The molecule has 4 heterocycles. The summed E-state index contributed by atoms with van der Waals surface area (Å²) in [6.45, 7) is 3.28. The lowest BCUT2D eigenvalue weighted by molar-refractivity contribution is 0.388. The summed E-state index contributed by atoms with van der Waals surface area (Å²) in [6, 6.07) is 0.802. The summed E-state index contributed by atoms with van der Waals surface area (Å²) in [5.74, 6) is 0.798. The third-order valence-electron chi connectivity index (χ3n) is 4.31. The smallest absolute Gasteiger partial charge is 0.155 e. The summed E-state index contributed by atoms with van der Waals surface area (Å²) in [6.07, 6.45) is 13.0. The van der Waals surface area contributed by atoms with Crippen LogP contribution in [0.25, 0.3) is 17.0 Å². The topological polar surface area (TPSA) is 80.0 Å².